The van der Waals surface area contributed by atoms with Crippen molar-refractivity contribution in [2.24, 2.45) is 11.7 Å². The molecular formula is C40H55N3O7. The molecule has 3 aromatic rings. The van der Waals surface area contributed by atoms with Gasteiger partial charge in [0.1, 0.15) is 35.7 Å². The number of ether oxygens (including phenoxy) is 6. The van der Waals surface area contributed by atoms with Crippen molar-refractivity contribution in [3.05, 3.63) is 102 Å². The number of benzene rings is 3. The molecule has 10 heteroatoms. The van der Waals surface area contributed by atoms with E-state index in [1.165, 1.54) is 6.92 Å². The van der Waals surface area contributed by atoms with Crippen LogP contribution in [-0.2, 0) is 32.0 Å². The Morgan fingerprint density at radius 1 is 0.900 bits per heavy atom. The second-order valence-electron chi connectivity index (χ2n) is 12.8. The number of nitrogens with two attached hydrogens (primary N) is 1. The molecule has 0 spiro atoms. The summed E-state index contributed by atoms with van der Waals surface area (Å²) in [6.45, 7) is 14.1. The summed E-state index contributed by atoms with van der Waals surface area (Å²) in [5, 5.41) is 6.32. The van der Waals surface area contributed by atoms with Crippen LogP contribution in [0.2, 0.25) is 0 Å². The zero-order chi connectivity index (χ0) is 35.7. The van der Waals surface area contributed by atoms with E-state index in [2.05, 4.69) is 43.2 Å². The molecule has 4 atom stereocenters. The summed E-state index contributed by atoms with van der Waals surface area (Å²) in [5.74, 6) is 3.06. The predicted molar refractivity (Wildman–Crippen MR) is 196 cm³/mol. The molecule has 0 unspecified atom stereocenters. The maximum Gasteiger partial charge on any atom is 0.216 e. The van der Waals surface area contributed by atoms with Crippen molar-refractivity contribution in [3.8, 4) is 17.2 Å². The van der Waals surface area contributed by atoms with Gasteiger partial charge in [-0.1, -0.05) is 69.0 Å². The number of nitrogens with one attached hydrogen (secondary N) is 2. The van der Waals surface area contributed by atoms with Gasteiger partial charge in [-0.3, -0.25) is 4.79 Å². The zero-order valence-electron chi connectivity index (χ0n) is 30.0. The minimum absolute atomic E-state index is 0.0474. The smallest absolute Gasteiger partial charge is 0.216 e. The third-order valence-electron chi connectivity index (χ3n) is 8.72. The summed E-state index contributed by atoms with van der Waals surface area (Å²) in [5.41, 5.74) is 9.55. The van der Waals surface area contributed by atoms with E-state index in [4.69, 9.17) is 34.2 Å². The quantitative estimate of drug-likeness (QED) is 0.0998. The molecule has 4 N–H and O–H groups in total. The monoisotopic (exact) mass is 689 g/mol. The van der Waals surface area contributed by atoms with Crippen molar-refractivity contribution in [1.82, 2.24) is 10.6 Å². The predicted octanol–water partition coefficient (Wildman–Crippen LogP) is 5.39. The van der Waals surface area contributed by atoms with Crippen molar-refractivity contribution in [2.75, 3.05) is 53.2 Å². The average molecular weight is 690 g/mol. The molecule has 0 radical (unpaired) electrons. The molecule has 0 aromatic heterocycles. The number of carbonyl (C=O) groups is 1. The highest BCUT2D eigenvalue weighted by molar-refractivity contribution is 5.72. The summed E-state index contributed by atoms with van der Waals surface area (Å²) < 4.78 is 36.4. The van der Waals surface area contributed by atoms with E-state index in [9.17, 15) is 4.79 Å². The summed E-state index contributed by atoms with van der Waals surface area (Å²) >= 11 is 0. The Kier molecular flexibility index (Phi) is 15.9. The van der Waals surface area contributed by atoms with E-state index < -0.39 is 0 Å². The van der Waals surface area contributed by atoms with Gasteiger partial charge in [-0.25, -0.2) is 0 Å². The largest absolute Gasteiger partial charge is 0.496 e. The van der Waals surface area contributed by atoms with Crippen molar-refractivity contribution in [1.29, 1.82) is 0 Å². The second kappa shape index (κ2) is 20.6. The van der Waals surface area contributed by atoms with E-state index in [0.29, 0.717) is 64.8 Å². The first kappa shape index (κ1) is 38.7. The van der Waals surface area contributed by atoms with Crippen molar-refractivity contribution >= 4 is 5.91 Å². The molecule has 1 heterocycles. The van der Waals surface area contributed by atoms with Gasteiger partial charge in [-0.15, -0.1) is 0 Å². The highest BCUT2D eigenvalue weighted by Crippen LogP contribution is 2.33. The Balaban J connectivity index is 1.33. The lowest BCUT2D eigenvalue weighted by atomic mass is 9.85. The number of methoxy groups -OCH3 is 1. The van der Waals surface area contributed by atoms with E-state index in [-0.39, 0.29) is 36.0 Å². The summed E-state index contributed by atoms with van der Waals surface area (Å²) in [6, 6.07) is 23.6. The molecule has 0 aliphatic carbocycles. The number of hydrogen-bond donors (Lipinski definition) is 3. The van der Waals surface area contributed by atoms with Gasteiger partial charge in [-0.2, -0.15) is 0 Å². The van der Waals surface area contributed by atoms with Crippen LogP contribution in [0.4, 0.5) is 0 Å². The average Bonchev–Trinajstić information content (AvgIpc) is 3.12. The molecule has 1 aliphatic heterocycles. The Morgan fingerprint density at radius 2 is 1.60 bits per heavy atom. The normalized spacial score (nSPS) is 17.9. The maximum absolute atomic E-state index is 11.3. The van der Waals surface area contributed by atoms with Gasteiger partial charge < -0.3 is 44.8 Å². The fourth-order valence-corrected chi connectivity index (χ4v) is 5.93. The molecule has 3 aromatic carbocycles. The molecule has 50 heavy (non-hydrogen) atoms. The van der Waals surface area contributed by atoms with E-state index >= 15 is 0 Å². The Hall–Kier alpha value is -4.09. The van der Waals surface area contributed by atoms with Gasteiger partial charge in [0, 0.05) is 44.5 Å². The molecular weight excluding hydrogens is 634 g/mol. The Bertz CT molecular complexity index is 1470. The van der Waals surface area contributed by atoms with Gasteiger partial charge in [0.2, 0.25) is 5.91 Å². The van der Waals surface area contributed by atoms with Gasteiger partial charge in [-0.05, 0) is 47.7 Å². The fraction of sp³-hybridized carbons (Fsp3) is 0.475. The zero-order valence-corrected chi connectivity index (χ0v) is 30.0. The standard InChI is InChI=1S/C40H55N3O7/c1-28(2)40(41)29(3)50-38-26-42-25-37(49-24-23-48-36-14-9-6-11-31(36)19-20-43-30(4)44)39(38)32-15-17-34(18-16-32)47-22-10-21-46-27-33-12-7-8-13-35(33)45-5/h6-9,11-18,28,37-40,42H,3,10,19-27,41H2,1-2,4-5H3,(H,43,44)/t37-,38+,39+,40-/m0/s1. The van der Waals surface area contributed by atoms with E-state index in [1.807, 2.05) is 60.7 Å². The Labute approximate surface area is 297 Å². The first-order valence-electron chi connectivity index (χ1n) is 17.6. The molecule has 1 amide bonds. The van der Waals surface area contributed by atoms with Crippen LogP contribution in [0.5, 0.6) is 17.2 Å². The van der Waals surface area contributed by atoms with Crippen molar-refractivity contribution in [3.63, 3.8) is 0 Å². The summed E-state index contributed by atoms with van der Waals surface area (Å²) in [7, 11) is 1.67. The lowest BCUT2D eigenvalue weighted by Gasteiger charge is -2.40. The first-order chi connectivity index (χ1) is 24.3. The highest BCUT2D eigenvalue weighted by Gasteiger charge is 2.37. The summed E-state index contributed by atoms with van der Waals surface area (Å²) in [6.07, 6.45) is 1.04. The lowest BCUT2D eigenvalue weighted by Crippen LogP contribution is -2.51. The van der Waals surface area contributed by atoms with Gasteiger partial charge in [0.25, 0.3) is 0 Å². The number of carbonyl (C=O) groups excluding carboxylic acids is 1. The SMILES string of the molecule is C=C(O[C@@H]1CNC[C@H](OCCOc2ccccc2CCNC(C)=O)[C@H]1c1ccc(OCCCOCc2ccccc2OC)cc1)[C@@H](N)C(C)C. The molecule has 4 rings (SSSR count). The first-order valence-corrected chi connectivity index (χ1v) is 17.6. The molecule has 1 aliphatic rings. The third kappa shape index (κ3) is 12.1. The van der Waals surface area contributed by atoms with Crippen LogP contribution < -0.4 is 30.6 Å². The van der Waals surface area contributed by atoms with Crippen LogP contribution in [0.3, 0.4) is 0 Å². The number of rotatable bonds is 21. The van der Waals surface area contributed by atoms with Crippen LogP contribution in [0.1, 0.15) is 49.8 Å². The second-order valence-corrected chi connectivity index (χ2v) is 12.8. The van der Waals surface area contributed by atoms with Crippen LogP contribution in [0.25, 0.3) is 0 Å². The Morgan fingerprint density at radius 3 is 2.32 bits per heavy atom. The number of para-hydroxylation sites is 2. The number of piperidine rings is 1. The van der Waals surface area contributed by atoms with E-state index in [1.54, 1.807) is 7.11 Å². The number of hydrogen-bond acceptors (Lipinski definition) is 9. The van der Waals surface area contributed by atoms with Crippen molar-refractivity contribution < 1.29 is 33.2 Å². The van der Waals surface area contributed by atoms with Crippen LogP contribution >= 0.6 is 0 Å². The minimum Gasteiger partial charge on any atom is -0.496 e. The number of amides is 1. The van der Waals surface area contributed by atoms with Crippen LogP contribution in [0, 0.1) is 5.92 Å². The fourth-order valence-electron chi connectivity index (χ4n) is 5.93. The van der Waals surface area contributed by atoms with Gasteiger partial charge in [0.05, 0.1) is 45.7 Å². The maximum atomic E-state index is 11.3. The molecule has 1 saturated heterocycles. The molecule has 0 saturated carbocycles. The molecule has 10 nitrogen and oxygen atoms in total. The van der Waals surface area contributed by atoms with E-state index in [0.717, 1.165) is 40.4 Å². The van der Waals surface area contributed by atoms with Crippen LogP contribution in [-0.4, -0.2) is 77.3 Å². The summed E-state index contributed by atoms with van der Waals surface area (Å²) in [4.78, 5) is 11.3. The van der Waals surface area contributed by atoms with Crippen molar-refractivity contribution in [2.45, 2.75) is 64.4 Å². The lowest BCUT2D eigenvalue weighted by molar-refractivity contribution is -0.118. The molecule has 272 valence electrons. The molecule has 1 fully saturated rings. The van der Waals surface area contributed by atoms with Gasteiger partial charge >= 0.3 is 0 Å². The molecule has 0 bridgehead atoms. The third-order valence-corrected chi connectivity index (χ3v) is 8.72. The highest BCUT2D eigenvalue weighted by atomic mass is 16.5. The minimum atomic E-state index is -0.273. The van der Waals surface area contributed by atoms with Gasteiger partial charge in [0.15, 0.2) is 0 Å². The van der Waals surface area contributed by atoms with Crippen LogP contribution in [0.15, 0.2) is 85.1 Å². The topological polar surface area (TPSA) is 123 Å².